The maximum absolute atomic E-state index is 12.9. The number of nitrogens with one attached hydrogen (secondary N) is 1. The van der Waals surface area contributed by atoms with Gasteiger partial charge in [-0.25, -0.2) is 0 Å². The average molecular weight is 457 g/mol. The minimum atomic E-state index is -0.183. The van der Waals surface area contributed by atoms with E-state index in [1.54, 1.807) is 19.2 Å². The number of nitrogens with zero attached hydrogens (tertiary/aromatic N) is 1. The van der Waals surface area contributed by atoms with Crippen molar-refractivity contribution in [2.45, 2.75) is 52.6 Å². The Morgan fingerprint density at radius 1 is 1.16 bits per heavy atom. The minimum Gasteiger partial charge on any atom is -0.496 e. The van der Waals surface area contributed by atoms with Gasteiger partial charge in [-0.2, -0.15) is 0 Å². The first-order chi connectivity index (χ1) is 15.3. The molecule has 0 unspecified atom stereocenters. The van der Waals surface area contributed by atoms with E-state index in [2.05, 4.69) is 37.9 Å². The number of rotatable bonds is 9. The molecule has 0 bridgehead atoms. The van der Waals surface area contributed by atoms with Crippen LogP contribution in [0.4, 0.5) is 5.69 Å². The van der Waals surface area contributed by atoms with E-state index < -0.39 is 0 Å². The summed E-state index contributed by atoms with van der Waals surface area (Å²) >= 11 is 6.08. The Balaban J connectivity index is 1.69. The van der Waals surface area contributed by atoms with Crippen molar-refractivity contribution >= 4 is 29.3 Å². The van der Waals surface area contributed by atoms with E-state index in [0.29, 0.717) is 22.7 Å². The van der Waals surface area contributed by atoms with Gasteiger partial charge in [-0.15, -0.1) is 0 Å². The SMILES string of the molecule is COc1ccc(NC(=O)C2=Cc3cc(Cl)ccc3OC2)cc1CCCN(C(C)C)C(C)C. The van der Waals surface area contributed by atoms with Gasteiger partial charge >= 0.3 is 0 Å². The fraction of sp³-hybridized carbons (Fsp3) is 0.423. The van der Waals surface area contributed by atoms with Gasteiger partial charge in [-0.1, -0.05) is 11.6 Å². The Morgan fingerprint density at radius 2 is 1.91 bits per heavy atom. The van der Waals surface area contributed by atoms with Crippen LogP contribution in [0.15, 0.2) is 42.0 Å². The molecule has 1 aliphatic rings. The highest BCUT2D eigenvalue weighted by atomic mass is 35.5. The standard InChI is InChI=1S/C26H33ClN2O3/c1-17(2)29(18(3)4)12-6-7-19-15-23(9-11-24(19)31-5)28-26(30)21-13-20-14-22(27)8-10-25(20)32-16-21/h8-11,13-15,17-18H,6-7,12,16H2,1-5H3,(H,28,30). The van der Waals surface area contributed by atoms with Crippen molar-refractivity contribution in [1.82, 2.24) is 4.90 Å². The van der Waals surface area contributed by atoms with Crippen molar-refractivity contribution in [3.8, 4) is 11.5 Å². The fourth-order valence-electron chi connectivity index (χ4n) is 4.11. The smallest absolute Gasteiger partial charge is 0.255 e. The predicted octanol–water partition coefficient (Wildman–Crippen LogP) is 5.81. The summed E-state index contributed by atoms with van der Waals surface area (Å²) in [5.74, 6) is 1.39. The number of hydrogen-bond acceptors (Lipinski definition) is 4. The van der Waals surface area contributed by atoms with E-state index in [4.69, 9.17) is 21.1 Å². The first kappa shape index (κ1) is 24.1. The zero-order valence-electron chi connectivity index (χ0n) is 19.6. The maximum Gasteiger partial charge on any atom is 0.255 e. The largest absolute Gasteiger partial charge is 0.496 e. The molecule has 0 saturated heterocycles. The third-order valence-corrected chi connectivity index (χ3v) is 5.94. The van der Waals surface area contributed by atoms with Gasteiger partial charge in [0.15, 0.2) is 0 Å². The summed E-state index contributed by atoms with van der Waals surface area (Å²) < 4.78 is 11.3. The fourth-order valence-corrected chi connectivity index (χ4v) is 4.29. The Labute approximate surface area is 196 Å². The highest BCUT2D eigenvalue weighted by Gasteiger charge is 2.18. The highest BCUT2D eigenvalue weighted by molar-refractivity contribution is 6.30. The molecular formula is C26H33ClN2O3. The average Bonchev–Trinajstić information content (AvgIpc) is 2.75. The molecule has 3 rings (SSSR count). The predicted molar refractivity (Wildman–Crippen MR) is 132 cm³/mol. The van der Waals surface area contributed by atoms with Crippen LogP contribution in [-0.2, 0) is 11.2 Å². The van der Waals surface area contributed by atoms with Crippen LogP contribution >= 0.6 is 11.6 Å². The van der Waals surface area contributed by atoms with Crippen molar-refractivity contribution in [3.05, 3.63) is 58.1 Å². The topological polar surface area (TPSA) is 50.8 Å². The van der Waals surface area contributed by atoms with E-state index >= 15 is 0 Å². The van der Waals surface area contributed by atoms with Crippen molar-refractivity contribution < 1.29 is 14.3 Å². The summed E-state index contributed by atoms with van der Waals surface area (Å²) in [6.07, 6.45) is 3.72. The van der Waals surface area contributed by atoms with Crippen molar-refractivity contribution in [2.24, 2.45) is 0 Å². The number of benzene rings is 2. The molecule has 1 aliphatic heterocycles. The van der Waals surface area contributed by atoms with Gasteiger partial charge in [0.25, 0.3) is 5.91 Å². The Morgan fingerprint density at radius 3 is 2.59 bits per heavy atom. The number of anilines is 1. The Bertz CT molecular complexity index is 977. The van der Waals surface area contributed by atoms with Crippen LogP contribution in [0.5, 0.6) is 11.5 Å². The second-order valence-corrected chi connectivity index (χ2v) is 9.09. The first-order valence-corrected chi connectivity index (χ1v) is 11.5. The van der Waals surface area contributed by atoms with E-state index in [9.17, 15) is 4.79 Å². The Hall–Kier alpha value is -2.50. The number of methoxy groups -OCH3 is 1. The van der Waals surface area contributed by atoms with E-state index in [1.807, 2.05) is 30.3 Å². The molecule has 1 heterocycles. The van der Waals surface area contributed by atoms with Gasteiger partial charge in [0, 0.05) is 28.4 Å². The molecule has 1 amide bonds. The number of halogens is 1. The summed E-state index contributed by atoms with van der Waals surface area (Å²) in [5.41, 5.74) is 3.20. The van der Waals surface area contributed by atoms with Crippen LogP contribution in [0.2, 0.25) is 5.02 Å². The number of hydrogen-bond donors (Lipinski definition) is 1. The normalized spacial score (nSPS) is 13.1. The molecule has 0 spiro atoms. The number of fused-ring (bicyclic) bond motifs is 1. The summed E-state index contributed by atoms with van der Waals surface area (Å²) in [4.78, 5) is 15.3. The van der Waals surface area contributed by atoms with Crippen LogP contribution in [0, 0.1) is 0 Å². The van der Waals surface area contributed by atoms with Crippen molar-refractivity contribution in [3.63, 3.8) is 0 Å². The lowest BCUT2D eigenvalue weighted by atomic mass is 10.1. The third-order valence-electron chi connectivity index (χ3n) is 5.70. The zero-order chi connectivity index (χ0) is 23.3. The molecule has 0 aliphatic carbocycles. The lowest BCUT2D eigenvalue weighted by Gasteiger charge is -2.30. The molecule has 2 aromatic rings. The van der Waals surface area contributed by atoms with Gasteiger partial charge in [-0.05, 0) is 95.1 Å². The third kappa shape index (κ3) is 6.05. The van der Waals surface area contributed by atoms with Gasteiger partial charge in [0.2, 0.25) is 0 Å². The summed E-state index contributed by atoms with van der Waals surface area (Å²) in [5, 5.41) is 3.61. The number of ether oxygens (including phenoxy) is 2. The van der Waals surface area contributed by atoms with Gasteiger partial charge in [0.1, 0.15) is 18.1 Å². The summed E-state index contributed by atoms with van der Waals surface area (Å²) in [6, 6.07) is 12.2. The van der Waals surface area contributed by atoms with Crippen molar-refractivity contribution in [2.75, 3.05) is 25.6 Å². The molecule has 0 fully saturated rings. The quantitative estimate of drug-likeness (QED) is 0.517. The maximum atomic E-state index is 12.9. The van der Waals surface area contributed by atoms with Crippen LogP contribution in [-0.4, -0.2) is 43.2 Å². The molecule has 6 heteroatoms. The van der Waals surface area contributed by atoms with E-state index in [1.165, 1.54) is 0 Å². The highest BCUT2D eigenvalue weighted by Crippen LogP contribution is 2.30. The zero-order valence-corrected chi connectivity index (χ0v) is 20.3. The lowest BCUT2D eigenvalue weighted by molar-refractivity contribution is -0.113. The molecule has 0 aromatic heterocycles. The molecule has 5 nitrogen and oxygen atoms in total. The number of amides is 1. The molecule has 2 aromatic carbocycles. The van der Waals surface area contributed by atoms with Gasteiger partial charge < -0.3 is 14.8 Å². The molecular weight excluding hydrogens is 424 g/mol. The summed E-state index contributed by atoms with van der Waals surface area (Å²) in [7, 11) is 1.68. The Kier molecular flexibility index (Phi) is 8.21. The molecule has 0 saturated carbocycles. The lowest BCUT2D eigenvalue weighted by Crippen LogP contribution is -2.37. The molecule has 172 valence electrons. The first-order valence-electron chi connectivity index (χ1n) is 11.2. The van der Waals surface area contributed by atoms with Crippen LogP contribution in [0.3, 0.4) is 0 Å². The molecule has 1 N–H and O–H groups in total. The second-order valence-electron chi connectivity index (χ2n) is 8.65. The minimum absolute atomic E-state index is 0.183. The summed E-state index contributed by atoms with van der Waals surface area (Å²) in [6.45, 7) is 10.2. The monoisotopic (exact) mass is 456 g/mol. The van der Waals surface area contributed by atoms with E-state index in [-0.39, 0.29) is 12.5 Å². The number of aryl methyl sites for hydroxylation is 1. The number of carbonyl (C=O) groups excluding carboxylic acids is 1. The van der Waals surface area contributed by atoms with E-state index in [0.717, 1.165) is 47.7 Å². The van der Waals surface area contributed by atoms with Crippen LogP contribution in [0.1, 0.15) is 45.2 Å². The van der Waals surface area contributed by atoms with Gasteiger partial charge in [0.05, 0.1) is 12.7 Å². The van der Waals surface area contributed by atoms with Gasteiger partial charge in [-0.3, -0.25) is 9.69 Å². The van der Waals surface area contributed by atoms with Crippen molar-refractivity contribution in [1.29, 1.82) is 0 Å². The molecule has 0 radical (unpaired) electrons. The van der Waals surface area contributed by atoms with Crippen LogP contribution < -0.4 is 14.8 Å². The second kappa shape index (κ2) is 10.9. The molecule has 32 heavy (non-hydrogen) atoms. The molecule has 0 atom stereocenters. The van der Waals surface area contributed by atoms with Crippen LogP contribution in [0.25, 0.3) is 6.08 Å². The number of carbonyl (C=O) groups is 1.